The summed E-state index contributed by atoms with van der Waals surface area (Å²) < 4.78 is 21.8. The van der Waals surface area contributed by atoms with Crippen LogP contribution < -0.4 is 5.32 Å². The van der Waals surface area contributed by atoms with Crippen LogP contribution in [-0.2, 0) is 33.3 Å². The van der Waals surface area contributed by atoms with Crippen molar-refractivity contribution in [2.45, 2.75) is 63.8 Å². The van der Waals surface area contributed by atoms with Gasteiger partial charge in [0.25, 0.3) is 0 Å². The lowest BCUT2D eigenvalue weighted by atomic mass is 9.97. The number of hydrogen-bond donors (Lipinski definition) is 1. The number of nitrogens with zero attached hydrogens (tertiary/aromatic N) is 1. The molecule has 1 saturated heterocycles. The summed E-state index contributed by atoms with van der Waals surface area (Å²) in [5.74, 6) is -1.50. The summed E-state index contributed by atoms with van der Waals surface area (Å²) in [4.78, 5) is 37.8. The molecule has 26 heavy (non-hydrogen) atoms. The number of rotatable bonds is 5. The summed E-state index contributed by atoms with van der Waals surface area (Å²) in [6.45, 7) is 7.66. The second-order valence-electron chi connectivity index (χ2n) is 6.41. The van der Waals surface area contributed by atoms with E-state index in [2.05, 4.69) is 10.3 Å². The molecule has 0 amide bonds. The Morgan fingerprint density at radius 2 is 1.88 bits per heavy atom. The minimum Gasteiger partial charge on any atom is -0.462 e. The monoisotopic (exact) mass is 388 g/mol. The molecular weight excluding hydrogens is 364 g/mol. The Kier molecular flexibility index (Phi) is 6.51. The van der Waals surface area contributed by atoms with E-state index in [4.69, 9.17) is 18.9 Å². The number of esters is 3. The summed E-state index contributed by atoms with van der Waals surface area (Å²) in [6, 6.07) is -0.585. The predicted octanol–water partition coefficient (Wildman–Crippen LogP) is 0.609. The zero-order valence-electron chi connectivity index (χ0n) is 15.4. The lowest BCUT2D eigenvalue weighted by molar-refractivity contribution is -0.201. The summed E-state index contributed by atoms with van der Waals surface area (Å²) in [5, 5.41) is 3.77. The van der Waals surface area contributed by atoms with Crippen LogP contribution in [0.3, 0.4) is 0 Å². The number of nitrogens with one attached hydrogen (secondary N) is 1. The maximum absolute atomic E-state index is 11.6. The van der Waals surface area contributed by atoms with Crippen LogP contribution in [0.5, 0.6) is 0 Å². The van der Waals surface area contributed by atoms with Crippen LogP contribution in [0.1, 0.15) is 34.6 Å². The van der Waals surface area contributed by atoms with Crippen LogP contribution in [0.25, 0.3) is 0 Å². The second kappa shape index (κ2) is 8.26. The smallest absolute Gasteiger partial charge is 0.303 e. The molecule has 10 heteroatoms. The van der Waals surface area contributed by atoms with Crippen molar-refractivity contribution in [1.82, 2.24) is 5.32 Å². The number of ether oxygens (including phenoxy) is 4. The Bertz CT molecular complexity index is 609. The third kappa shape index (κ3) is 4.88. The average Bonchev–Trinajstić information content (AvgIpc) is 2.85. The molecule has 4 unspecified atom stereocenters. The number of carbonyl (C=O) groups excluding carboxylic acids is 3. The minimum absolute atomic E-state index is 0.00717. The Morgan fingerprint density at radius 3 is 2.42 bits per heavy atom. The first-order valence-corrected chi connectivity index (χ1v) is 9.09. The molecule has 1 N–H and O–H groups in total. The second-order valence-corrected chi connectivity index (χ2v) is 7.69. The normalized spacial score (nSPS) is 30.2. The first-order valence-electron chi connectivity index (χ1n) is 8.28. The van der Waals surface area contributed by atoms with E-state index in [1.807, 2.05) is 13.8 Å². The topological polar surface area (TPSA) is 113 Å². The number of hydrogen-bond acceptors (Lipinski definition) is 10. The Balaban J connectivity index is 2.33. The zero-order valence-corrected chi connectivity index (χ0v) is 16.3. The van der Waals surface area contributed by atoms with E-state index >= 15 is 0 Å². The SMILES string of the molecule is CC(=O)OCC12OCC(OC(C)=O)C(OC(C)=O)C1N=C(NC(C)C)S2. The number of thioether (sulfide) groups is 1. The molecule has 0 bridgehead atoms. The van der Waals surface area contributed by atoms with Crippen LogP contribution in [-0.4, -0.2) is 65.5 Å². The molecule has 4 atom stereocenters. The van der Waals surface area contributed by atoms with Crippen LogP contribution in [0.15, 0.2) is 4.99 Å². The number of fused-ring (bicyclic) bond motifs is 1. The highest BCUT2D eigenvalue weighted by atomic mass is 32.2. The van der Waals surface area contributed by atoms with Gasteiger partial charge in [0.1, 0.15) is 12.6 Å². The molecule has 0 spiro atoms. The highest BCUT2D eigenvalue weighted by Gasteiger charge is 2.59. The van der Waals surface area contributed by atoms with Gasteiger partial charge in [-0.05, 0) is 25.6 Å². The van der Waals surface area contributed by atoms with Gasteiger partial charge in [-0.15, -0.1) is 0 Å². The Morgan fingerprint density at radius 1 is 1.23 bits per heavy atom. The molecule has 2 rings (SSSR count). The lowest BCUT2D eigenvalue weighted by Gasteiger charge is -2.43. The zero-order chi connectivity index (χ0) is 19.5. The largest absolute Gasteiger partial charge is 0.462 e. The van der Waals surface area contributed by atoms with Crippen molar-refractivity contribution in [3.63, 3.8) is 0 Å². The third-order valence-corrected chi connectivity index (χ3v) is 4.89. The van der Waals surface area contributed by atoms with Gasteiger partial charge in [0, 0.05) is 26.8 Å². The fraction of sp³-hybridized carbons (Fsp3) is 0.750. The molecule has 146 valence electrons. The van der Waals surface area contributed by atoms with Crippen LogP contribution in [0, 0.1) is 0 Å². The van der Waals surface area contributed by atoms with E-state index in [9.17, 15) is 14.4 Å². The molecule has 9 nitrogen and oxygen atoms in total. The number of aliphatic imine (C=N–C) groups is 1. The highest BCUT2D eigenvalue weighted by molar-refractivity contribution is 8.15. The molecule has 2 heterocycles. The van der Waals surface area contributed by atoms with Gasteiger partial charge in [0.05, 0.1) is 6.61 Å². The Labute approximate surface area is 156 Å². The number of carbonyl (C=O) groups is 3. The standard InChI is InChI=1S/C16H24N2O7S/c1-8(2)17-15-18-14-13(25-11(5)21)12(24-10(4)20)6-23-16(14,26-15)7-22-9(3)19/h8,12-14H,6-7H2,1-5H3,(H,17,18). The maximum Gasteiger partial charge on any atom is 0.303 e. The average molecular weight is 388 g/mol. The first kappa shape index (κ1) is 20.5. The van der Waals surface area contributed by atoms with E-state index in [-0.39, 0.29) is 19.3 Å². The quantitative estimate of drug-likeness (QED) is 0.534. The van der Waals surface area contributed by atoms with E-state index in [0.29, 0.717) is 5.17 Å². The van der Waals surface area contributed by atoms with Gasteiger partial charge >= 0.3 is 17.9 Å². The first-order chi connectivity index (χ1) is 12.1. The minimum atomic E-state index is -1.06. The van der Waals surface area contributed by atoms with Crippen molar-refractivity contribution in [2.75, 3.05) is 13.2 Å². The van der Waals surface area contributed by atoms with Crippen molar-refractivity contribution in [3.05, 3.63) is 0 Å². The van der Waals surface area contributed by atoms with Crippen molar-refractivity contribution in [1.29, 1.82) is 0 Å². The maximum atomic E-state index is 11.6. The fourth-order valence-electron chi connectivity index (χ4n) is 2.75. The molecule has 2 aliphatic rings. The molecule has 0 saturated carbocycles. The van der Waals surface area contributed by atoms with Crippen molar-refractivity contribution in [2.24, 2.45) is 4.99 Å². The van der Waals surface area contributed by atoms with E-state index in [1.54, 1.807) is 0 Å². The van der Waals surface area contributed by atoms with Gasteiger partial charge in [-0.1, -0.05) is 0 Å². The third-order valence-electron chi connectivity index (χ3n) is 3.65. The van der Waals surface area contributed by atoms with Gasteiger partial charge in [-0.3, -0.25) is 19.4 Å². The molecule has 0 aromatic rings. The Hall–Kier alpha value is -1.81. The summed E-state index contributed by atoms with van der Waals surface area (Å²) in [5.41, 5.74) is 0. The van der Waals surface area contributed by atoms with Crippen LogP contribution in [0.4, 0.5) is 0 Å². The predicted molar refractivity (Wildman–Crippen MR) is 93.5 cm³/mol. The molecule has 0 aliphatic carbocycles. The van der Waals surface area contributed by atoms with Crippen LogP contribution in [0.2, 0.25) is 0 Å². The summed E-state index contributed by atoms with van der Waals surface area (Å²) >= 11 is 1.27. The molecular formula is C16H24N2O7S. The molecule has 0 aromatic carbocycles. The molecule has 2 aliphatic heterocycles. The van der Waals surface area contributed by atoms with Gasteiger partial charge in [-0.25, -0.2) is 0 Å². The van der Waals surface area contributed by atoms with Gasteiger partial charge in [0.15, 0.2) is 22.3 Å². The van der Waals surface area contributed by atoms with Gasteiger partial charge < -0.3 is 24.3 Å². The molecule has 0 radical (unpaired) electrons. The van der Waals surface area contributed by atoms with E-state index < -0.39 is 41.1 Å². The molecule has 0 aromatic heterocycles. The summed E-state index contributed by atoms with van der Waals surface area (Å²) in [7, 11) is 0. The van der Waals surface area contributed by atoms with Crippen molar-refractivity contribution < 1.29 is 33.3 Å². The molecule has 1 fully saturated rings. The van der Waals surface area contributed by atoms with Crippen molar-refractivity contribution in [3.8, 4) is 0 Å². The van der Waals surface area contributed by atoms with E-state index in [1.165, 1.54) is 32.5 Å². The lowest BCUT2D eigenvalue weighted by Crippen LogP contribution is -2.61. The van der Waals surface area contributed by atoms with Gasteiger partial charge in [0.2, 0.25) is 0 Å². The van der Waals surface area contributed by atoms with Crippen LogP contribution >= 0.6 is 11.8 Å². The van der Waals surface area contributed by atoms with E-state index in [0.717, 1.165) is 0 Å². The van der Waals surface area contributed by atoms with Gasteiger partial charge in [-0.2, -0.15) is 0 Å². The summed E-state index contributed by atoms with van der Waals surface area (Å²) in [6.07, 6.45) is -1.64. The highest BCUT2D eigenvalue weighted by Crippen LogP contribution is 2.45. The fourth-order valence-corrected chi connectivity index (χ4v) is 4.09. The number of amidine groups is 1. The van der Waals surface area contributed by atoms with Crippen molar-refractivity contribution >= 4 is 34.8 Å².